The predicted molar refractivity (Wildman–Crippen MR) is 105 cm³/mol. The number of rotatable bonds is 4. The highest BCUT2D eigenvalue weighted by atomic mass is 16.3. The fourth-order valence-corrected chi connectivity index (χ4v) is 4.37. The minimum Gasteiger partial charge on any atom is -0.389 e. The van der Waals surface area contributed by atoms with E-state index in [1.54, 1.807) is 0 Å². The third kappa shape index (κ3) is 3.35. The number of allylic oxidation sites excluding steroid dienone is 1. The van der Waals surface area contributed by atoms with E-state index in [2.05, 4.69) is 34.1 Å². The molecule has 1 N–H and O–H groups in total. The van der Waals surface area contributed by atoms with Crippen LogP contribution in [0.2, 0.25) is 0 Å². The lowest BCUT2D eigenvalue weighted by Crippen LogP contribution is -2.50. The number of nitriles is 1. The molecule has 142 valence electrons. The molecule has 1 aliphatic carbocycles. The van der Waals surface area contributed by atoms with Gasteiger partial charge in [0.15, 0.2) is 5.78 Å². The average molecular weight is 365 g/mol. The molecule has 2 aliphatic heterocycles. The van der Waals surface area contributed by atoms with Crippen molar-refractivity contribution < 1.29 is 9.90 Å². The van der Waals surface area contributed by atoms with Gasteiger partial charge in [-0.2, -0.15) is 5.26 Å². The van der Waals surface area contributed by atoms with Crippen LogP contribution in [0.25, 0.3) is 5.70 Å². The molecule has 3 aliphatic rings. The number of carbonyl (C=O) groups excluding carboxylic acids is 1. The second kappa shape index (κ2) is 6.69. The Morgan fingerprint density at radius 1 is 1.22 bits per heavy atom. The van der Waals surface area contributed by atoms with Crippen molar-refractivity contribution in [1.29, 1.82) is 5.26 Å². The maximum atomic E-state index is 12.3. The number of anilines is 1. The van der Waals surface area contributed by atoms with Gasteiger partial charge in [0.25, 0.3) is 0 Å². The lowest BCUT2D eigenvalue weighted by atomic mass is 9.90. The summed E-state index contributed by atoms with van der Waals surface area (Å²) in [5, 5.41) is 19.4. The lowest BCUT2D eigenvalue weighted by molar-refractivity contribution is -0.113. The quantitative estimate of drug-likeness (QED) is 0.656. The molecule has 5 nitrogen and oxygen atoms in total. The molecular weight excluding hydrogens is 338 g/mol. The molecule has 2 saturated heterocycles. The zero-order valence-electron chi connectivity index (χ0n) is 16.2. The number of likely N-dealkylation sites (tertiary alicyclic amines) is 1. The number of benzene rings is 1. The van der Waals surface area contributed by atoms with Crippen LogP contribution in [0, 0.1) is 23.7 Å². The molecule has 1 spiro atoms. The van der Waals surface area contributed by atoms with Crippen LogP contribution in [0.4, 0.5) is 5.69 Å². The molecule has 4 rings (SSSR count). The van der Waals surface area contributed by atoms with Crippen LogP contribution in [-0.4, -0.2) is 48.1 Å². The first kappa shape index (κ1) is 18.1. The Balaban J connectivity index is 1.73. The number of hydrogen-bond acceptors (Lipinski definition) is 5. The summed E-state index contributed by atoms with van der Waals surface area (Å²) in [6, 6.07) is 8.37. The van der Waals surface area contributed by atoms with Crippen LogP contribution in [0.1, 0.15) is 43.7 Å². The van der Waals surface area contributed by atoms with Crippen LogP contribution in [-0.2, 0) is 4.79 Å². The second-order valence-corrected chi connectivity index (χ2v) is 8.44. The molecule has 5 heteroatoms. The van der Waals surface area contributed by atoms with Crippen molar-refractivity contribution in [2.75, 3.05) is 31.1 Å². The van der Waals surface area contributed by atoms with E-state index in [-0.39, 0.29) is 17.5 Å². The van der Waals surface area contributed by atoms with E-state index < -0.39 is 0 Å². The van der Waals surface area contributed by atoms with Crippen LogP contribution >= 0.6 is 0 Å². The summed E-state index contributed by atoms with van der Waals surface area (Å²) in [5.41, 5.74) is 4.65. The van der Waals surface area contributed by atoms with Crippen molar-refractivity contribution in [3.8, 4) is 6.07 Å². The van der Waals surface area contributed by atoms with Gasteiger partial charge in [-0.3, -0.25) is 4.79 Å². The summed E-state index contributed by atoms with van der Waals surface area (Å²) < 4.78 is 0. The number of ketones is 1. The van der Waals surface area contributed by atoms with Crippen molar-refractivity contribution in [1.82, 2.24) is 4.90 Å². The fourth-order valence-electron chi connectivity index (χ4n) is 4.37. The monoisotopic (exact) mass is 365 g/mol. The van der Waals surface area contributed by atoms with Gasteiger partial charge >= 0.3 is 0 Å². The molecule has 0 bridgehead atoms. The minimum absolute atomic E-state index is 0.177. The van der Waals surface area contributed by atoms with Crippen molar-refractivity contribution in [2.24, 2.45) is 5.41 Å². The summed E-state index contributed by atoms with van der Waals surface area (Å²) in [5.74, 6) is -0.177. The van der Waals surface area contributed by atoms with Crippen molar-refractivity contribution in [2.45, 2.75) is 45.6 Å². The van der Waals surface area contributed by atoms with Crippen LogP contribution in [0.5, 0.6) is 0 Å². The van der Waals surface area contributed by atoms with Gasteiger partial charge in [-0.15, -0.1) is 0 Å². The van der Waals surface area contributed by atoms with E-state index in [1.165, 1.54) is 19.8 Å². The Bertz CT molecular complexity index is 832. The van der Waals surface area contributed by atoms with Gasteiger partial charge in [-0.25, -0.2) is 0 Å². The van der Waals surface area contributed by atoms with Crippen molar-refractivity contribution in [3.63, 3.8) is 0 Å². The smallest absolute Gasteiger partial charge is 0.172 e. The Morgan fingerprint density at radius 2 is 1.89 bits per heavy atom. The zero-order chi connectivity index (χ0) is 19.2. The van der Waals surface area contributed by atoms with Gasteiger partial charge in [0.2, 0.25) is 0 Å². The first-order valence-electron chi connectivity index (χ1n) is 9.87. The number of carbonyl (C=O) groups is 1. The van der Waals surface area contributed by atoms with Crippen LogP contribution < -0.4 is 4.90 Å². The van der Waals surface area contributed by atoms with Crippen molar-refractivity contribution >= 4 is 17.2 Å². The third-order valence-corrected chi connectivity index (χ3v) is 6.50. The summed E-state index contributed by atoms with van der Waals surface area (Å²) in [6.07, 6.45) is 4.66. The summed E-state index contributed by atoms with van der Waals surface area (Å²) in [6.45, 7) is 6.58. The number of hydrogen-bond donors (Lipinski definition) is 1. The topological polar surface area (TPSA) is 67.6 Å². The molecular formula is C22H27N3O2. The van der Waals surface area contributed by atoms with Gasteiger partial charge < -0.3 is 14.9 Å². The third-order valence-electron chi connectivity index (χ3n) is 6.50. The molecule has 3 fully saturated rings. The minimum atomic E-state index is -0.270. The molecule has 0 radical (unpaired) electrons. The number of aryl methyl sites for hydroxylation is 1. The molecule has 2 heterocycles. The number of aliphatic hydroxyl groups is 1. The number of β-amino-alcohol motifs (C(OH)–C–C–N with tert-alkyl or cyclic N) is 1. The maximum absolute atomic E-state index is 12.3. The summed E-state index contributed by atoms with van der Waals surface area (Å²) in [4.78, 5) is 16.6. The van der Waals surface area contributed by atoms with Crippen LogP contribution in [0.3, 0.4) is 0 Å². The van der Waals surface area contributed by atoms with E-state index in [9.17, 15) is 15.2 Å². The average Bonchev–Trinajstić information content (AvgIpc) is 3.38. The van der Waals surface area contributed by atoms with Gasteiger partial charge in [0.1, 0.15) is 11.6 Å². The normalized spacial score (nSPS) is 22.1. The van der Waals surface area contributed by atoms with E-state index in [1.807, 2.05) is 6.92 Å². The highest BCUT2D eigenvalue weighted by molar-refractivity contribution is 6.04. The van der Waals surface area contributed by atoms with Gasteiger partial charge in [-0.1, -0.05) is 6.07 Å². The maximum Gasteiger partial charge on any atom is 0.172 e. The molecule has 0 unspecified atom stereocenters. The van der Waals surface area contributed by atoms with E-state index >= 15 is 0 Å². The SMILES string of the molecule is CC(=O)/C(C#N)=C(\c1cc(N2CC(O)C2)ccc1C)N1CCC2(CC1)CC2. The fraction of sp³-hybridized carbons (Fsp3) is 0.545. The molecule has 1 aromatic rings. The largest absolute Gasteiger partial charge is 0.389 e. The van der Waals surface area contributed by atoms with Gasteiger partial charge in [0, 0.05) is 37.4 Å². The van der Waals surface area contributed by atoms with Gasteiger partial charge in [0.05, 0.1) is 11.8 Å². The van der Waals surface area contributed by atoms with E-state index in [0.29, 0.717) is 18.5 Å². The highest BCUT2D eigenvalue weighted by Crippen LogP contribution is 2.54. The Morgan fingerprint density at radius 3 is 2.41 bits per heavy atom. The van der Waals surface area contributed by atoms with Gasteiger partial charge in [-0.05, 0) is 62.6 Å². The Kier molecular flexibility index (Phi) is 4.47. The second-order valence-electron chi connectivity index (χ2n) is 8.44. The molecule has 0 amide bonds. The van der Waals surface area contributed by atoms with Crippen molar-refractivity contribution in [3.05, 3.63) is 34.9 Å². The number of piperidine rings is 1. The number of aliphatic hydroxyl groups excluding tert-OH is 1. The molecule has 0 atom stereocenters. The molecule has 0 aromatic heterocycles. The number of nitrogens with zero attached hydrogens (tertiary/aromatic N) is 3. The standard InChI is InChI=1S/C22H27N3O2/c1-15-3-4-17(25-13-18(27)14-25)11-19(15)21(20(12-23)16(2)26)24-9-7-22(5-6-22)8-10-24/h3-4,11,18,27H,5-10,13-14H2,1-2H3/b21-20+. The summed E-state index contributed by atoms with van der Waals surface area (Å²) in [7, 11) is 0. The van der Waals surface area contributed by atoms with E-state index in [4.69, 9.17) is 0 Å². The Labute approximate surface area is 160 Å². The number of Topliss-reactive ketones (excluding diaryl/α,β-unsaturated/α-hetero) is 1. The molecule has 27 heavy (non-hydrogen) atoms. The Hall–Kier alpha value is -2.32. The highest BCUT2D eigenvalue weighted by Gasteiger charge is 2.45. The lowest BCUT2D eigenvalue weighted by Gasteiger charge is -2.39. The first-order chi connectivity index (χ1) is 12.9. The molecule has 1 saturated carbocycles. The van der Waals surface area contributed by atoms with Crippen LogP contribution in [0.15, 0.2) is 23.8 Å². The van der Waals surface area contributed by atoms with E-state index in [0.717, 1.165) is 48.4 Å². The predicted octanol–water partition coefficient (Wildman–Crippen LogP) is 2.88. The first-order valence-corrected chi connectivity index (χ1v) is 9.87. The molecule has 1 aromatic carbocycles. The zero-order valence-corrected chi connectivity index (χ0v) is 16.2. The summed E-state index contributed by atoms with van der Waals surface area (Å²) >= 11 is 0.